The lowest BCUT2D eigenvalue weighted by Gasteiger charge is -2.32. The molecule has 4 nitrogen and oxygen atoms in total. The molecule has 0 radical (unpaired) electrons. The zero-order valence-corrected chi connectivity index (χ0v) is 15.0. The number of likely N-dealkylation sites (tertiary alicyclic amines) is 1. The van der Waals surface area contributed by atoms with Gasteiger partial charge in [-0.2, -0.15) is 5.10 Å². The average molecular weight is 350 g/mol. The molecule has 0 N–H and O–H groups in total. The van der Waals surface area contributed by atoms with Gasteiger partial charge in [0, 0.05) is 49.1 Å². The lowest BCUT2D eigenvalue weighted by atomic mass is 9.93. The van der Waals surface area contributed by atoms with E-state index >= 15 is 0 Å². The number of halogens is 1. The highest BCUT2D eigenvalue weighted by atomic mass is 19.1. The lowest BCUT2D eigenvalue weighted by molar-refractivity contribution is 0.198. The van der Waals surface area contributed by atoms with Crippen molar-refractivity contribution in [3.63, 3.8) is 0 Å². The van der Waals surface area contributed by atoms with Gasteiger partial charge in [-0.05, 0) is 43.7 Å². The molecule has 1 atom stereocenters. The summed E-state index contributed by atoms with van der Waals surface area (Å²) in [5.41, 5.74) is 4.01. The summed E-state index contributed by atoms with van der Waals surface area (Å²) in [4.78, 5) is 7.32. The fourth-order valence-corrected chi connectivity index (χ4v) is 3.74. The molecule has 2 aromatic heterocycles. The summed E-state index contributed by atoms with van der Waals surface area (Å²) >= 11 is 0. The summed E-state index contributed by atoms with van der Waals surface area (Å²) in [7, 11) is 1.95. The van der Waals surface area contributed by atoms with E-state index in [2.05, 4.69) is 22.3 Å². The molecule has 1 unspecified atom stereocenters. The summed E-state index contributed by atoms with van der Waals surface area (Å²) in [6.45, 7) is 3.03. The van der Waals surface area contributed by atoms with Gasteiger partial charge >= 0.3 is 0 Å². The minimum Gasteiger partial charge on any atom is -0.298 e. The van der Waals surface area contributed by atoms with Gasteiger partial charge in [-0.3, -0.25) is 14.6 Å². The molecule has 0 saturated carbocycles. The van der Waals surface area contributed by atoms with Crippen molar-refractivity contribution < 1.29 is 4.39 Å². The molecule has 26 heavy (non-hydrogen) atoms. The molecule has 0 bridgehead atoms. The summed E-state index contributed by atoms with van der Waals surface area (Å²) < 4.78 is 15.4. The molecule has 134 valence electrons. The number of hydrogen-bond acceptors (Lipinski definition) is 3. The lowest BCUT2D eigenvalue weighted by Crippen LogP contribution is -2.34. The number of rotatable bonds is 4. The number of nitrogens with zero attached hydrogens (tertiary/aromatic N) is 4. The summed E-state index contributed by atoms with van der Waals surface area (Å²) in [6, 6.07) is 12.7. The van der Waals surface area contributed by atoms with Crippen molar-refractivity contribution in [1.29, 1.82) is 0 Å². The molecule has 0 amide bonds. The van der Waals surface area contributed by atoms with Crippen LogP contribution in [0.1, 0.15) is 30.0 Å². The highest BCUT2D eigenvalue weighted by Crippen LogP contribution is 2.28. The Morgan fingerprint density at radius 1 is 1.19 bits per heavy atom. The van der Waals surface area contributed by atoms with Crippen LogP contribution >= 0.6 is 0 Å². The smallest absolute Gasteiger partial charge is 0.123 e. The Labute approximate surface area is 153 Å². The predicted molar refractivity (Wildman–Crippen MR) is 100 cm³/mol. The predicted octanol–water partition coefficient (Wildman–Crippen LogP) is 4.00. The van der Waals surface area contributed by atoms with E-state index in [1.807, 2.05) is 36.1 Å². The van der Waals surface area contributed by atoms with Crippen molar-refractivity contribution in [2.24, 2.45) is 7.05 Å². The van der Waals surface area contributed by atoms with Gasteiger partial charge in [0.2, 0.25) is 0 Å². The average Bonchev–Trinajstić information content (AvgIpc) is 3.07. The van der Waals surface area contributed by atoms with Crippen LogP contribution < -0.4 is 0 Å². The minimum absolute atomic E-state index is 0.227. The van der Waals surface area contributed by atoms with Crippen molar-refractivity contribution in [3.8, 4) is 11.3 Å². The third kappa shape index (κ3) is 3.83. The van der Waals surface area contributed by atoms with Crippen LogP contribution in [0.2, 0.25) is 0 Å². The van der Waals surface area contributed by atoms with Crippen LogP contribution in [0.4, 0.5) is 4.39 Å². The molecular formula is C21H23FN4. The van der Waals surface area contributed by atoms with Gasteiger partial charge in [0.25, 0.3) is 0 Å². The SMILES string of the molecule is Cn1cc(CN2CCCC(c3cccc(-c4cccc(F)c4)n3)C2)cn1. The second kappa shape index (κ2) is 7.38. The number of aromatic nitrogens is 3. The Kier molecular flexibility index (Phi) is 4.80. The highest BCUT2D eigenvalue weighted by Gasteiger charge is 2.23. The van der Waals surface area contributed by atoms with E-state index in [9.17, 15) is 4.39 Å². The quantitative estimate of drug-likeness (QED) is 0.713. The van der Waals surface area contributed by atoms with Gasteiger partial charge in [-0.25, -0.2) is 4.39 Å². The van der Waals surface area contributed by atoms with Gasteiger partial charge in [-0.1, -0.05) is 18.2 Å². The first-order valence-corrected chi connectivity index (χ1v) is 9.10. The van der Waals surface area contributed by atoms with E-state index in [0.717, 1.165) is 49.4 Å². The zero-order chi connectivity index (χ0) is 17.9. The Morgan fingerprint density at radius 3 is 2.88 bits per heavy atom. The van der Waals surface area contributed by atoms with E-state index in [-0.39, 0.29) is 5.82 Å². The van der Waals surface area contributed by atoms with Crippen LogP contribution in [0, 0.1) is 5.82 Å². The first-order valence-electron chi connectivity index (χ1n) is 9.10. The third-order valence-corrected chi connectivity index (χ3v) is 4.98. The Balaban J connectivity index is 1.50. The molecule has 1 aromatic carbocycles. The van der Waals surface area contributed by atoms with Crippen molar-refractivity contribution in [2.75, 3.05) is 13.1 Å². The van der Waals surface area contributed by atoms with Crippen molar-refractivity contribution >= 4 is 0 Å². The zero-order valence-electron chi connectivity index (χ0n) is 15.0. The minimum atomic E-state index is -0.227. The number of benzene rings is 1. The van der Waals surface area contributed by atoms with Gasteiger partial charge < -0.3 is 0 Å². The molecule has 0 spiro atoms. The van der Waals surface area contributed by atoms with Crippen LogP contribution in [-0.4, -0.2) is 32.8 Å². The van der Waals surface area contributed by atoms with E-state index in [4.69, 9.17) is 4.98 Å². The van der Waals surface area contributed by atoms with Gasteiger partial charge in [0.05, 0.1) is 11.9 Å². The van der Waals surface area contributed by atoms with Crippen LogP contribution in [0.25, 0.3) is 11.3 Å². The maximum absolute atomic E-state index is 13.5. The molecule has 5 heteroatoms. The first kappa shape index (κ1) is 16.9. The fourth-order valence-electron chi connectivity index (χ4n) is 3.74. The molecular weight excluding hydrogens is 327 g/mol. The second-order valence-corrected chi connectivity index (χ2v) is 7.05. The fraction of sp³-hybridized carbons (Fsp3) is 0.333. The van der Waals surface area contributed by atoms with E-state index in [1.165, 1.54) is 11.6 Å². The van der Waals surface area contributed by atoms with E-state index < -0.39 is 0 Å². The molecule has 3 heterocycles. The standard InChI is InChI=1S/C21H23FN4/c1-25-13-16(12-23-25)14-26-10-4-6-18(15-26)21-9-3-8-20(24-21)17-5-2-7-19(22)11-17/h2-3,5,7-9,11-13,18H,4,6,10,14-15H2,1H3. The van der Waals surface area contributed by atoms with Crippen molar-refractivity contribution in [1.82, 2.24) is 19.7 Å². The van der Waals surface area contributed by atoms with E-state index in [0.29, 0.717) is 5.92 Å². The summed E-state index contributed by atoms with van der Waals surface area (Å²) in [5.74, 6) is 0.184. The largest absolute Gasteiger partial charge is 0.298 e. The molecule has 1 aliphatic rings. The summed E-state index contributed by atoms with van der Waals surface area (Å²) in [5, 5.41) is 4.26. The molecule has 1 aliphatic heterocycles. The van der Waals surface area contributed by atoms with Gasteiger partial charge in [0.15, 0.2) is 0 Å². The van der Waals surface area contributed by atoms with Gasteiger partial charge in [0.1, 0.15) is 5.82 Å². The van der Waals surface area contributed by atoms with Crippen LogP contribution in [0.15, 0.2) is 54.9 Å². The van der Waals surface area contributed by atoms with Crippen LogP contribution in [-0.2, 0) is 13.6 Å². The number of piperidine rings is 1. The molecule has 1 fully saturated rings. The maximum Gasteiger partial charge on any atom is 0.123 e. The highest BCUT2D eigenvalue weighted by molar-refractivity contribution is 5.59. The maximum atomic E-state index is 13.5. The van der Waals surface area contributed by atoms with Crippen molar-refractivity contribution in [3.05, 3.63) is 71.9 Å². The molecule has 4 rings (SSSR count). The first-order chi connectivity index (χ1) is 12.7. The topological polar surface area (TPSA) is 34.0 Å². The number of aryl methyl sites for hydroxylation is 1. The molecule has 3 aromatic rings. The Morgan fingerprint density at radius 2 is 2.08 bits per heavy atom. The molecule has 1 saturated heterocycles. The second-order valence-electron chi connectivity index (χ2n) is 7.05. The Hall–Kier alpha value is -2.53. The van der Waals surface area contributed by atoms with E-state index in [1.54, 1.807) is 12.1 Å². The third-order valence-electron chi connectivity index (χ3n) is 4.98. The van der Waals surface area contributed by atoms with Crippen LogP contribution in [0.5, 0.6) is 0 Å². The molecule has 0 aliphatic carbocycles. The Bertz CT molecular complexity index is 889. The number of pyridine rings is 1. The normalized spacial score (nSPS) is 18.2. The van der Waals surface area contributed by atoms with Crippen molar-refractivity contribution in [2.45, 2.75) is 25.3 Å². The monoisotopic (exact) mass is 350 g/mol. The number of hydrogen-bond donors (Lipinski definition) is 0. The van der Waals surface area contributed by atoms with Gasteiger partial charge in [-0.15, -0.1) is 0 Å². The summed E-state index contributed by atoms with van der Waals surface area (Å²) in [6.07, 6.45) is 6.32. The van der Waals surface area contributed by atoms with Crippen LogP contribution in [0.3, 0.4) is 0 Å².